The Bertz CT molecular complexity index is 844. The SMILES string of the molecule is CC(C)CC1(C)N=C(N)N(CC2CCN(C(=O)C[C@@H]3C[C@H]3c3ccccc3)CC2)C1=O. The molecule has 2 aliphatic heterocycles. The highest BCUT2D eigenvalue weighted by atomic mass is 16.2. The summed E-state index contributed by atoms with van der Waals surface area (Å²) in [7, 11) is 0. The van der Waals surface area contributed by atoms with Crippen molar-refractivity contribution in [1.82, 2.24) is 9.80 Å². The Morgan fingerprint density at radius 2 is 1.90 bits per heavy atom. The van der Waals surface area contributed by atoms with Gasteiger partial charge in [0.2, 0.25) is 5.91 Å². The number of carbonyl (C=O) groups is 2. The summed E-state index contributed by atoms with van der Waals surface area (Å²) in [5.74, 6) is 2.44. The van der Waals surface area contributed by atoms with Crippen LogP contribution in [0.1, 0.15) is 64.4 Å². The quantitative estimate of drug-likeness (QED) is 0.729. The molecule has 4 rings (SSSR count). The van der Waals surface area contributed by atoms with E-state index in [1.165, 1.54) is 5.56 Å². The maximum Gasteiger partial charge on any atom is 0.257 e. The van der Waals surface area contributed by atoms with Gasteiger partial charge in [0.1, 0.15) is 5.54 Å². The van der Waals surface area contributed by atoms with Crippen molar-refractivity contribution in [2.24, 2.45) is 28.5 Å². The minimum atomic E-state index is -0.728. The van der Waals surface area contributed by atoms with E-state index in [9.17, 15) is 9.59 Å². The van der Waals surface area contributed by atoms with Crippen molar-refractivity contribution in [3.8, 4) is 0 Å². The van der Waals surface area contributed by atoms with Crippen molar-refractivity contribution in [2.75, 3.05) is 19.6 Å². The molecule has 1 aliphatic carbocycles. The molecule has 2 fully saturated rings. The van der Waals surface area contributed by atoms with Crippen molar-refractivity contribution < 1.29 is 9.59 Å². The molecule has 1 saturated heterocycles. The zero-order valence-corrected chi connectivity index (χ0v) is 19.1. The fourth-order valence-corrected chi connectivity index (χ4v) is 5.42. The van der Waals surface area contributed by atoms with Gasteiger partial charge in [-0.2, -0.15) is 0 Å². The average molecular weight is 425 g/mol. The van der Waals surface area contributed by atoms with Crippen molar-refractivity contribution in [3.63, 3.8) is 0 Å². The predicted octanol–water partition coefficient (Wildman–Crippen LogP) is 3.38. The molecule has 3 atom stereocenters. The van der Waals surface area contributed by atoms with Crippen LogP contribution in [0.4, 0.5) is 0 Å². The first-order valence-electron chi connectivity index (χ1n) is 11.8. The van der Waals surface area contributed by atoms with E-state index in [-0.39, 0.29) is 11.8 Å². The molecule has 1 unspecified atom stereocenters. The molecule has 6 nitrogen and oxygen atoms in total. The summed E-state index contributed by atoms with van der Waals surface area (Å²) in [4.78, 5) is 34.0. The normalized spacial score (nSPS) is 28.9. The molecular weight excluding hydrogens is 388 g/mol. The summed E-state index contributed by atoms with van der Waals surface area (Å²) in [6.45, 7) is 8.25. The van der Waals surface area contributed by atoms with Gasteiger partial charge in [0, 0.05) is 26.1 Å². The van der Waals surface area contributed by atoms with Crippen LogP contribution in [0.15, 0.2) is 35.3 Å². The molecule has 1 saturated carbocycles. The number of amides is 2. The number of piperidine rings is 1. The lowest BCUT2D eigenvalue weighted by Crippen LogP contribution is -2.48. The minimum absolute atomic E-state index is 0.0258. The monoisotopic (exact) mass is 424 g/mol. The molecule has 2 heterocycles. The van der Waals surface area contributed by atoms with Crippen LogP contribution >= 0.6 is 0 Å². The van der Waals surface area contributed by atoms with Gasteiger partial charge < -0.3 is 10.6 Å². The van der Waals surface area contributed by atoms with E-state index in [1.54, 1.807) is 4.90 Å². The third-order valence-corrected chi connectivity index (χ3v) is 7.14. The molecule has 3 aliphatic rings. The van der Waals surface area contributed by atoms with Crippen LogP contribution in [0.5, 0.6) is 0 Å². The van der Waals surface area contributed by atoms with Crippen LogP contribution < -0.4 is 5.73 Å². The van der Waals surface area contributed by atoms with Gasteiger partial charge in [-0.25, -0.2) is 4.99 Å². The number of hydrogen-bond acceptors (Lipinski definition) is 4. The summed E-state index contributed by atoms with van der Waals surface area (Å²) in [5.41, 5.74) is 6.76. The summed E-state index contributed by atoms with van der Waals surface area (Å²) in [6, 6.07) is 10.5. The highest BCUT2D eigenvalue weighted by molar-refractivity contribution is 6.06. The molecule has 0 radical (unpaired) electrons. The molecule has 2 amide bonds. The molecule has 2 N–H and O–H groups in total. The van der Waals surface area contributed by atoms with E-state index < -0.39 is 5.54 Å². The van der Waals surface area contributed by atoms with Crippen molar-refractivity contribution >= 4 is 17.8 Å². The van der Waals surface area contributed by atoms with Crippen molar-refractivity contribution in [1.29, 1.82) is 0 Å². The molecule has 1 aromatic rings. The maximum atomic E-state index is 13.0. The standard InChI is InChI=1S/C25H36N4O2/c1-17(2)15-25(3)23(31)29(24(26)27-25)16-18-9-11-28(12-10-18)22(30)14-20-13-21(20)19-7-5-4-6-8-19/h4-8,17-18,20-21H,9-16H2,1-3H3,(H2,26,27)/t20-,21-,25?/m0/s1. The second-order valence-corrected chi connectivity index (χ2v) is 10.3. The second kappa shape index (κ2) is 8.64. The number of nitrogens with zero attached hydrogens (tertiary/aromatic N) is 3. The third-order valence-electron chi connectivity index (χ3n) is 7.14. The van der Waals surface area contributed by atoms with E-state index in [4.69, 9.17) is 5.73 Å². The highest BCUT2D eigenvalue weighted by Gasteiger charge is 2.45. The molecule has 1 aromatic carbocycles. The van der Waals surface area contributed by atoms with Gasteiger partial charge in [0.05, 0.1) is 0 Å². The zero-order valence-electron chi connectivity index (χ0n) is 19.1. The van der Waals surface area contributed by atoms with Crippen LogP contribution in [-0.4, -0.2) is 52.7 Å². The number of benzene rings is 1. The van der Waals surface area contributed by atoms with E-state index in [2.05, 4.69) is 43.1 Å². The summed E-state index contributed by atoms with van der Waals surface area (Å²) >= 11 is 0. The number of guanidine groups is 1. The number of rotatable bonds is 7. The molecule has 0 spiro atoms. The summed E-state index contributed by atoms with van der Waals surface area (Å²) in [5, 5.41) is 0. The lowest BCUT2D eigenvalue weighted by molar-refractivity contribution is -0.134. The highest BCUT2D eigenvalue weighted by Crippen LogP contribution is 2.49. The number of hydrogen-bond donors (Lipinski definition) is 1. The predicted molar refractivity (Wildman–Crippen MR) is 122 cm³/mol. The van der Waals surface area contributed by atoms with E-state index in [1.807, 2.05) is 17.9 Å². The Morgan fingerprint density at radius 3 is 2.55 bits per heavy atom. The van der Waals surface area contributed by atoms with Gasteiger partial charge in [-0.15, -0.1) is 0 Å². The Balaban J connectivity index is 1.24. The summed E-state index contributed by atoms with van der Waals surface area (Å²) in [6.07, 6.45) is 4.31. The van der Waals surface area contributed by atoms with Gasteiger partial charge in [-0.1, -0.05) is 44.2 Å². The Hall–Kier alpha value is -2.37. The van der Waals surface area contributed by atoms with Crippen LogP contribution in [0.3, 0.4) is 0 Å². The fourth-order valence-electron chi connectivity index (χ4n) is 5.42. The lowest BCUT2D eigenvalue weighted by Gasteiger charge is -2.34. The van der Waals surface area contributed by atoms with Gasteiger partial charge in [0.25, 0.3) is 5.91 Å². The largest absolute Gasteiger partial charge is 0.369 e. The van der Waals surface area contributed by atoms with Gasteiger partial charge >= 0.3 is 0 Å². The van der Waals surface area contributed by atoms with Crippen molar-refractivity contribution in [2.45, 2.75) is 64.3 Å². The first kappa shape index (κ1) is 21.8. The van der Waals surface area contributed by atoms with Gasteiger partial charge in [-0.3, -0.25) is 14.5 Å². The minimum Gasteiger partial charge on any atom is -0.369 e. The fraction of sp³-hybridized carbons (Fsp3) is 0.640. The van der Waals surface area contributed by atoms with Crippen LogP contribution in [0.2, 0.25) is 0 Å². The topological polar surface area (TPSA) is 79.0 Å². The number of nitrogens with two attached hydrogens (primary N) is 1. The van der Waals surface area contributed by atoms with E-state index in [0.717, 1.165) is 32.4 Å². The molecule has 0 aromatic heterocycles. The van der Waals surface area contributed by atoms with Crippen LogP contribution in [-0.2, 0) is 9.59 Å². The van der Waals surface area contributed by atoms with Crippen LogP contribution in [0, 0.1) is 17.8 Å². The Labute approximate surface area is 185 Å². The summed E-state index contributed by atoms with van der Waals surface area (Å²) < 4.78 is 0. The zero-order chi connectivity index (χ0) is 22.2. The molecule has 0 bridgehead atoms. The van der Waals surface area contributed by atoms with E-state index >= 15 is 0 Å². The lowest BCUT2D eigenvalue weighted by atomic mass is 9.90. The molecule has 168 valence electrons. The maximum absolute atomic E-state index is 13.0. The Morgan fingerprint density at radius 1 is 1.23 bits per heavy atom. The van der Waals surface area contributed by atoms with Crippen molar-refractivity contribution in [3.05, 3.63) is 35.9 Å². The average Bonchev–Trinajstić information content (AvgIpc) is 3.46. The molecule has 31 heavy (non-hydrogen) atoms. The molecule has 6 heteroatoms. The smallest absolute Gasteiger partial charge is 0.257 e. The van der Waals surface area contributed by atoms with Gasteiger partial charge in [-0.05, 0) is 61.8 Å². The van der Waals surface area contributed by atoms with E-state index in [0.29, 0.717) is 49.0 Å². The number of carbonyl (C=O) groups excluding carboxylic acids is 2. The third kappa shape index (κ3) is 4.78. The second-order valence-electron chi connectivity index (χ2n) is 10.3. The first-order valence-corrected chi connectivity index (χ1v) is 11.8. The number of aliphatic imine (C=N–C) groups is 1. The Kier molecular flexibility index (Phi) is 6.09. The van der Waals surface area contributed by atoms with Crippen LogP contribution in [0.25, 0.3) is 0 Å². The van der Waals surface area contributed by atoms with Gasteiger partial charge in [0.15, 0.2) is 5.96 Å². The number of likely N-dealkylation sites (tertiary alicyclic amines) is 1. The molecular formula is C25H36N4O2. The first-order chi connectivity index (χ1) is 14.8.